The van der Waals surface area contributed by atoms with Gasteiger partial charge in [0.05, 0.1) is 0 Å². The van der Waals surface area contributed by atoms with E-state index in [1.165, 1.54) is 12.1 Å². The van der Waals surface area contributed by atoms with Gasteiger partial charge in [0.1, 0.15) is 6.17 Å². The van der Waals surface area contributed by atoms with E-state index in [1.807, 2.05) is 0 Å². The Balaban J connectivity index is 2.70. The van der Waals surface area contributed by atoms with Crippen LogP contribution in [-0.4, -0.2) is 25.2 Å². The lowest BCUT2D eigenvalue weighted by molar-refractivity contribution is -0.115. The average molecular weight is 331 g/mol. The van der Waals surface area contributed by atoms with Gasteiger partial charge < -0.3 is 5.73 Å². The highest BCUT2D eigenvalue weighted by atomic mass is 35.5. The Labute approximate surface area is 117 Å². The second kappa shape index (κ2) is 6.08. The third-order valence-corrected chi connectivity index (χ3v) is 3.91. The van der Waals surface area contributed by atoms with Crippen LogP contribution in [-0.2, 0) is 21.2 Å². The van der Waals surface area contributed by atoms with E-state index in [-0.39, 0.29) is 6.54 Å². The van der Waals surface area contributed by atoms with Gasteiger partial charge in [0.25, 0.3) is 5.12 Å². The summed E-state index contributed by atoms with van der Waals surface area (Å²) in [4.78, 5) is 11.2. The smallest absolute Gasteiger partial charge is 0.309 e. The molecular weight excluding hydrogens is 321 g/mol. The molecule has 0 bridgehead atoms. The molecule has 0 radical (unpaired) electrons. The Morgan fingerprint density at radius 2 is 1.80 bits per heavy atom. The minimum absolute atomic E-state index is 0.0859. The van der Waals surface area contributed by atoms with Crippen LogP contribution in [0.4, 0.5) is 13.2 Å². The molecule has 1 rings (SSSR count). The summed E-state index contributed by atoms with van der Waals surface area (Å²) in [5.74, 6) is 0. The normalized spacial score (nSPS) is 14.1. The van der Waals surface area contributed by atoms with Crippen molar-refractivity contribution in [3.8, 4) is 0 Å². The molecular formula is C10H10ClF3N2O3S. The molecule has 0 aromatic heterocycles. The summed E-state index contributed by atoms with van der Waals surface area (Å²) in [6.45, 7) is -0.0859. The fraction of sp³-hybridized carbons (Fsp3) is 0.300. The minimum Gasteiger partial charge on any atom is -0.309 e. The first kappa shape index (κ1) is 16.9. The number of nitrogens with one attached hydrogen (secondary N) is 1. The molecule has 1 atom stereocenters. The Hall–Kier alpha value is -1.16. The lowest BCUT2D eigenvalue weighted by atomic mass is 10.2. The first-order valence-corrected chi connectivity index (χ1v) is 7.00. The number of halogens is 4. The van der Waals surface area contributed by atoms with E-state index >= 15 is 0 Å². The fourth-order valence-corrected chi connectivity index (χ4v) is 1.97. The van der Waals surface area contributed by atoms with E-state index in [9.17, 15) is 26.4 Å². The Morgan fingerprint density at radius 1 is 1.30 bits per heavy atom. The Morgan fingerprint density at radius 3 is 2.25 bits per heavy atom. The number of rotatable bonds is 4. The van der Waals surface area contributed by atoms with Crippen molar-refractivity contribution in [1.29, 1.82) is 0 Å². The molecule has 0 fully saturated rings. The summed E-state index contributed by atoms with van der Waals surface area (Å²) >= 11 is 5.63. The van der Waals surface area contributed by atoms with Crippen LogP contribution in [0.3, 0.4) is 0 Å². The van der Waals surface area contributed by atoms with E-state index < -0.39 is 26.6 Å². The standard InChI is InChI=1S/C10H10ClF3N2O3S/c11-7-3-1-6(2-4-7)5-16-8(15)9(17)20(18,19)10(12,13)14/h1-4,8,16H,5,15H2. The highest BCUT2D eigenvalue weighted by Crippen LogP contribution is 2.24. The monoisotopic (exact) mass is 330 g/mol. The topological polar surface area (TPSA) is 89.3 Å². The van der Waals surface area contributed by atoms with Gasteiger partial charge in [0.15, 0.2) is 0 Å². The number of sulfone groups is 1. The van der Waals surface area contributed by atoms with Crippen LogP contribution in [0.2, 0.25) is 5.02 Å². The molecule has 0 aliphatic heterocycles. The lowest BCUT2D eigenvalue weighted by Gasteiger charge is -2.14. The van der Waals surface area contributed by atoms with Gasteiger partial charge in [-0.05, 0) is 17.7 Å². The summed E-state index contributed by atoms with van der Waals surface area (Å²) in [6, 6.07) is 6.15. The van der Waals surface area contributed by atoms with Gasteiger partial charge in [0.2, 0.25) is 0 Å². The van der Waals surface area contributed by atoms with Crippen LogP contribution < -0.4 is 11.1 Å². The summed E-state index contributed by atoms with van der Waals surface area (Å²) in [5.41, 5.74) is 0.0202. The average Bonchev–Trinajstić information content (AvgIpc) is 2.35. The summed E-state index contributed by atoms with van der Waals surface area (Å²) in [7, 11) is -5.93. The van der Waals surface area contributed by atoms with E-state index in [1.54, 1.807) is 12.1 Å². The van der Waals surface area contributed by atoms with Crippen molar-refractivity contribution in [2.45, 2.75) is 18.2 Å². The molecule has 0 saturated carbocycles. The molecule has 0 aliphatic rings. The second-order valence-electron chi connectivity index (χ2n) is 3.75. The highest BCUT2D eigenvalue weighted by Gasteiger charge is 2.52. The number of carbonyl (C=O) groups excluding carboxylic acids is 1. The molecule has 0 saturated heterocycles. The minimum atomic E-state index is -5.93. The third-order valence-electron chi connectivity index (χ3n) is 2.26. The maximum Gasteiger partial charge on any atom is 0.504 e. The molecule has 1 aromatic carbocycles. The quantitative estimate of drug-likeness (QED) is 0.809. The molecule has 10 heteroatoms. The number of benzene rings is 1. The van der Waals surface area contributed by atoms with Crippen LogP contribution in [0.1, 0.15) is 5.56 Å². The van der Waals surface area contributed by atoms with E-state index in [0.29, 0.717) is 10.6 Å². The first-order valence-electron chi connectivity index (χ1n) is 5.14. The van der Waals surface area contributed by atoms with Gasteiger partial charge in [-0.15, -0.1) is 0 Å². The van der Waals surface area contributed by atoms with Crippen molar-refractivity contribution < 1.29 is 26.4 Å². The molecule has 3 N–H and O–H groups in total. The van der Waals surface area contributed by atoms with Gasteiger partial charge >= 0.3 is 15.3 Å². The molecule has 20 heavy (non-hydrogen) atoms. The van der Waals surface area contributed by atoms with Crippen molar-refractivity contribution in [1.82, 2.24) is 5.32 Å². The molecule has 0 amide bonds. The predicted molar refractivity (Wildman–Crippen MR) is 66.2 cm³/mol. The first-order chi connectivity index (χ1) is 9.05. The van der Waals surface area contributed by atoms with Crippen LogP contribution in [0, 0.1) is 0 Å². The number of hydrogen-bond acceptors (Lipinski definition) is 5. The predicted octanol–water partition coefficient (Wildman–Crippen LogP) is 1.18. The zero-order valence-electron chi connectivity index (χ0n) is 9.82. The van der Waals surface area contributed by atoms with Crippen molar-refractivity contribution in [2.24, 2.45) is 5.73 Å². The SMILES string of the molecule is NC(NCc1ccc(Cl)cc1)C(=O)S(=O)(=O)C(F)(F)F. The Bertz CT molecular complexity index is 587. The largest absolute Gasteiger partial charge is 0.504 e. The molecule has 5 nitrogen and oxygen atoms in total. The molecule has 0 aliphatic carbocycles. The lowest BCUT2D eigenvalue weighted by Crippen LogP contribution is -2.50. The zero-order valence-corrected chi connectivity index (χ0v) is 11.4. The van der Waals surface area contributed by atoms with Gasteiger partial charge in [-0.3, -0.25) is 10.1 Å². The second-order valence-corrected chi connectivity index (χ2v) is 6.06. The van der Waals surface area contributed by atoms with E-state index in [4.69, 9.17) is 17.3 Å². The number of nitrogens with two attached hydrogens (primary N) is 1. The van der Waals surface area contributed by atoms with Crippen molar-refractivity contribution in [3.05, 3.63) is 34.9 Å². The summed E-state index contributed by atoms with van der Waals surface area (Å²) < 4.78 is 58.1. The Kier molecular flexibility index (Phi) is 5.14. The van der Waals surface area contributed by atoms with Crippen LogP contribution in [0.25, 0.3) is 0 Å². The number of carbonyl (C=O) groups is 1. The molecule has 1 aromatic rings. The van der Waals surface area contributed by atoms with Gasteiger partial charge in [0, 0.05) is 11.6 Å². The van der Waals surface area contributed by atoms with Gasteiger partial charge in [-0.2, -0.15) is 13.2 Å². The zero-order chi connectivity index (χ0) is 15.6. The van der Waals surface area contributed by atoms with Gasteiger partial charge in [-0.1, -0.05) is 23.7 Å². The van der Waals surface area contributed by atoms with E-state index in [2.05, 4.69) is 5.32 Å². The van der Waals surface area contributed by atoms with Crippen LogP contribution in [0.15, 0.2) is 24.3 Å². The van der Waals surface area contributed by atoms with Crippen molar-refractivity contribution in [2.75, 3.05) is 0 Å². The van der Waals surface area contributed by atoms with Crippen molar-refractivity contribution in [3.63, 3.8) is 0 Å². The summed E-state index contributed by atoms with van der Waals surface area (Å²) in [5, 5.41) is 0.529. The maximum atomic E-state index is 12.1. The van der Waals surface area contributed by atoms with Crippen molar-refractivity contribution >= 4 is 26.6 Å². The fourth-order valence-electron chi connectivity index (χ4n) is 1.19. The maximum absolute atomic E-state index is 12.1. The van der Waals surface area contributed by atoms with Gasteiger partial charge in [-0.25, -0.2) is 8.42 Å². The van der Waals surface area contributed by atoms with Crippen LogP contribution >= 0.6 is 11.6 Å². The molecule has 0 heterocycles. The van der Waals surface area contributed by atoms with E-state index in [0.717, 1.165) is 0 Å². The molecule has 0 spiro atoms. The number of hydrogen-bond donors (Lipinski definition) is 2. The van der Waals surface area contributed by atoms with Crippen LogP contribution in [0.5, 0.6) is 0 Å². The molecule has 112 valence electrons. The highest BCUT2D eigenvalue weighted by molar-refractivity contribution is 8.07. The third kappa shape index (κ3) is 3.92. The molecule has 1 unspecified atom stereocenters. The summed E-state index contributed by atoms with van der Waals surface area (Å²) in [6.07, 6.45) is -1.97. The number of alkyl halides is 3.